The Morgan fingerprint density at radius 3 is 2.44 bits per heavy atom. The fraction of sp³-hybridized carbons (Fsp3) is 0.357. The van der Waals surface area contributed by atoms with Crippen molar-refractivity contribution in [1.82, 2.24) is 0 Å². The second kappa shape index (κ2) is 3.78. The number of carbonyl (C=O) groups excluding carboxylic acids is 1. The molecule has 0 spiro atoms. The molecule has 16 heavy (non-hydrogen) atoms. The molecule has 2 rings (SSSR count). The van der Waals surface area contributed by atoms with Gasteiger partial charge >= 0.3 is 5.97 Å². The Labute approximate surface area is 95.9 Å². The van der Waals surface area contributed by atoms with E-state index in [1.165, 1.54) is 7.11 Å². The molecular formula is C14H16O2. The number of hydrogen-bond acceptors (Lipinski definition) is 2. The molecule has 0 radical (unpaired) electrons. The highest BCUT2D eigenvalue weighted by molar-refractivity contribution is 5.94. The number of hydrogen-bond donors (Lipinski definition) is 0. The number of benzene rings is 1. The highest BCUT2D eigenvalue weighted by atomic mass is 16.5. The van der Waals surface area contributed by atoms with Crippen LogP contribution in [0.4, 0.5) is 0 Å². The topological polar surface area (TPSA) is 26.3 Å². The summed E-state index contributed by atoms with van der Waals surface area (Å²) in [4.78, 5) is 12.0. The van der Waals surface area contributed by atoms with Crippen molar-refractivity contribution in [2.75, 3.05) is 7.11 Å². The van der Waals surface area contributed by atoms with E-state index < -0.39 is 5.41 Å². The zero-order valence-corrected chi connectivity index (χ0v) is 9.86. The second-order valence-electron chi connectivity index (χ2n) is 4.13. The van der Waals surface area contributed by atoms with Gasteiger partial charge in [0.1, 0.15) is 5.41 Å². The fourth-order valence-electron chi connectivity index (χ4n) is 2.68. The molecule has 1 aliphatic carbocycles. The summed E-state index contributed by atoms with van der Waals surface area (Å²) in [6, 6.07) is 9.85. The lowest BCUT2D eigenvalue weighted by atomic mass is 9.93. The van der Waals surface area contributed by atoms with Crippen molar-refractivity contribution in [2.24, 2.45) is 5.92 Å². The van der Waals surface area contributed by atoms with Crippen LogP contribution in [-0.2, 0) is 14.9 Å². The Morgan fingerprint density at radius 1 is 1.38 bits per heavy atom. The summed E-state index contributed by atoms with van der Waals surface area (Å²) >= 11 is 0. The first kappa shape index (κ1) is 10.9. The summed E-state index contributed by atoms with van der Waals surface area (Å²) in [5.41, 5.74) is 1.66. The number of esters is 1. The van der Waals surface area contributed by atoms with Crippen LogP contribution in [-0.4, -0.2) is 13.1 Å². The molecule has 2 nitrogen and oxygen atoms in total. The third-order valence-corrected chi connectivity index (χ3v) is 3.54. The minimum atomic E-state index is -0.523. The van der Waals surface area contributed by atoms with E-state index in [0.29, 0.717) is 0 Å². The fourth-order valence-corrected chi connectivity index (χ4v) is 2.68. The summed E-state index contributed by atoms with van der Waals surface area (Å²) in [6.45, 7) is 4.04. The summed E-state index contributed by atoms with van der Waals surface area (Å²) in [5, 5.41) is 0. The highest BCUT2D eigenvalue weighted by Crippen LogP contribution is 2.59. The van der Waals surface area contributed by atoms with E-state index in [2.05, 4.69) is 6.92 Å². The lowest BCUT2D eigenvalue weighted by Gasteiger charge is -2.13. The standard InChI is InChI=1S/C14H16O2/c1-4-12-10(2)14(12,13(15)16-3)11-8-6-5-7-9-11/h4-10H,1-3H3/b12-4-/t10-,14+/m1/s1. The Hall–Kier alpha value is -1.57. The molecule has 1 saturated carbocycles. The molecule has 0 heterocycles. The van der Waals surface area contributed by atoms with Gasteiger partial charge in [-0.1, -0.05) is 43.3 Å². The van der Waals surface area contributed by atoms with Crippen LogP contribution in [0.25, 0.3) is 0 Å². The first-order valence-corrected chi connectivity index (χ1v) is 5.50. The molecule has 1 aromatic rings. The number of rotatable bonds is 2. The smallest absolute Gasteiger partial charge is 0.321 e. The summed E-state index contributed by atoms with van der Waals surface area (Å²) in [7, 11) is 1.45. The Kier molecular flexibility index (Phi) is 2.58. The first-order valence-electron chi connectivity index (χ1n) is 5.50. The van der Waals surface area contributed by atoms with E-state index >= 15 is 0 Å². The van der Waals surface area contributed by atoms with Crippen molar-refractivity contribution in [3.05, 3.63) is 47.5 Å². The second-order valence-corrected chi connectivity index (χ2v) is 4.13. The molecule has 1 fully saturated rings. The Balaban J connectivity index is 2.51. The third kappa shape index (κ3) is 1.22. The van der Waals surface area contributed by atoms with Crippen LogP contribution in [0.15, 0.2) is 42.0 Å². The molecule has 0 N–H and O–H groups in total. The highest BCUT2D eigenvalue weighted by Gasteiger charge is 2.64. The zero-order chi connectivity index (χ0) is 11.8. The van der Waals surface area contributed by atoms with E-state index in [1.807, 2.05) is 43.3 Å². The van der Waals surface area contributed by atoms with Crippen LogP contribution >= 0.6 is 0 Å². The van der Waals surface area contributed by atoms with Gasteiger partial charge in [0.15, 0.2) is 0 Å². The van der Waals surface area contributed by atoms with E-state index in [4.69, 9.17) is 4.74 Å². The van der Waals surface area contributed by atoms with E-state index in [9.17, 15) is 4.79 Å². The van der Waals surface area contributed by atoms with Crippen molar-refractivity contribution in [1.29, 1.82) is 0 Å². The van der Waals surface area contributed by atoms with Gasteiger partial charge in [-0.25, -0.2) is 0 Å². The van der Waals surface area contributed by atoms with Crippen molar-refractivity contribution < 1.29 is 9.53 Å². The lowest BCUT2D eigenvalue weighted by Crippen LogP contribution is -2.24. The van der Waals surface area contributed by atoms with Crippen LogP contribution in [0.3, 0.4) is 0 Å². The average molecular weight is 216 g/mol. The summed E-state index contributed by atoms with van der Waals surface area (Å²) in [6.07, 6.45) is 2.02. The van der Waals surface area contributed by atoms with Crippen LogP contribution in [0, 0.1) is 5.92 Å². The Morgan fingerprint density at radius 2 is 2.00 bits per heavy atom. The Bertz CT molecular complexity index is 433. The van der Waals surface area contributed by atoms with Gasteiger partial charge in [0.25, 0.3) is 0 Å². The van der Waals surface area contributed by atoms with Crippen molar-refractivity contribution >= 4 is 5.97 Å². The summed E-state index contributed by atoms with van der Waals surface area (Å²) < 4.78 is 4.95. The number of allylic oxidation sites excluding steroid dienone is 1. The van der Waals surface area contributed by atoms with E-state index in [-0.39, 0.29) is 11.9 Å². The van der Waals surface area contributed by atoms with Gasteiger partial charge in [0.2, 0.25) is 0 Å². The molecule has 1 aromatic carbocycles. The number of ether oxygens (including phenoxy) is 1. The van der Waals surface area contributed by atoms with Crippen molar-refractivity contribution in [3.8, 4) is 0 Å². The zero-order valence-electron chi connectivity index (χ0n) is 9.86. The molecular weight excluding hydrogens is 200 g/mol. The van der Waals surface area contributed by atoms with Gasteiger partial charge in [-0.15, -0.1) is 0 Å². The normalized spacial score (nSPS) is 30.2. The molecule has 0 aliphatic heterocycles. The molecule has 1 aliphatic rings. The molecule has 84 valence electrons. The summed E-state index contributed by atoms with van der Waals surface area (Å²) in [5.74, 6) is 0.0895. The molecule has 0 unspecified atom stereocenters. The molecule has 0 bridgehead atoms. The molecule has 0 amide bonds. The average Bonchev–Trinajstić information content (AvgIpc) is 2.95. The van der Waals surface area contributed by atoms with Crippen LogP contribution in [0.1, 0.15) is 19.4 Å². The van der Waals surface area contributed by atoms with Crippen LogP contribution in [0.5, 0.6) is 0 Å². The van der Waals surface area contributed by atoms with E-state index in [1.54, 1.807) is 0 Å². The van der Waals surface area contributed by atoms with Gasteiger partial charge in [-0.2, -0.15) is 0 Å². The number of methoxy groups -OCH3 is 1. The van der Waals surface area contributed by atoms with Gasteiger partial charge in [0.05, 0.1) is 7.11 Å². The predicted molar refractivity (Wildman–Crippen MR) is 63.1 cm³/mol. The molecule has 0 saturated heterocycles. The maximum absolute atomic E-state index is 12.0. The largest absolute Gasteiger partial charge is 0.468 e. The SMILES string of the molecule is C/C=C1/[C@@H](C)[C@]1(C(=O)OC)c1ccccc1. The van der Waals surface area contributed by atoms with Gasteiger partial charge in [-0.05, 0) is 18.1 Å². The van der Waals surface area contributed by atoms with Gasteiger partial charge < -0.3 is 4.74 Å². The molecule has 0 aromatic heterocycles. The minimum absolute atomic E-state index is 0.153. The quantitative estimate of drug-likeness (QED) is 0.561. The predicted octanol–water partition coefficient (Wildman–Crippen LogP) is 2.69. The number of carbonyl (C=O) groups is 1. The molecule has 2 heteroatoms. The minimum Gasteiger partial charge on any atom is -0.468 e. The van der Waals surface area contributed by atoms with Gasteiger partial charge in [-0.3, -0.25) is 4.79 Å². The third-order valence-electron chi connectivity index (χ3n) is 3.54. The van der Waals surface area contributed by atoms with Crippen molar-refractivity contribution in [3.63, 3.8) is 0 Å². The van der Waals surface area contributed by atoms with E-state index in [0.717, 1.165) is 11.1 Å². The van der Waals surface area contributed by atoms with Crippen LogP contribution < -0.4 is 0 Å². The molecule has 2 atom stereocenters. The monoisotopic (exact) mass is 216 g/mol. The van der Waals surface area contributed by atoms with Crippen molar-refractivity contribution in [2.45, 2.75) is 19.3 Å². The maximum Gasteiger partial charge on any atom is 0.321 e. The maximum atomic E-state index is 12.0. The lowest BCUT2D eigenvalue weighted by molar-refractivity contribution is -0.143. The first-order chi connectivity index (χ1) is 7.69. The van der Waals surface area contributed by atoms with Gasteiger partial charge in [0, 0.05) is 5.92 Å². The van der Waals surface area contributed by atoms with Crippen LogP contribution in [0.2, 0.25) is 0 Å².